The Morgan fingerprint density at radius 3 is 2.25 bits per heavy atom. The van der Waals surface area contributed by atoms with E-state index in [0.29, 0.717) is 16.8 Å². The molecule has 2 aromatic carbocycles. The standard InChI is InChI=1S/C40H44N6O10S/c1-23(2)12-26(17-38(53)56-21-24-6-4-3-5-7-24)39(54)45-29(9-11-36(49)50)33(48)16-27(15-28-20-42-22-43-28)40(55)46-30(18-37(51)52)32(47)14-25-8-10-34-31(13-25)44-35(19-41)57-34/h3-8,10,13,20,22-23,26-27,29-30H,9,11-12,14-18,21H2,1-2H3,(H,42,43)(H,45,54)(H,46,55)(H,49,50)(H,51,52). The van der Waals surface area contributed by atoms with Crippen molar-refractivity contribution in [2.75, 3.05) is 0 Å². The van der Waals surface area contributed by atoms with Crippen LogP contribution < -0.4 is 10.6 Å². The highest BCUT2D eigenvalue weighted by molar-refractivity contribution is 7.19. The number of aromatic nitrogens is 3. The Labute approximate surface area is 332 Å². The predicted molar refractivity (Wildman–Crippen MR) is 205 cm³/mol. The molecule has 16 nitrogen and oxygen atoms in total. The summed E-state index contributed by atoms with van der Waals surface area (Å²) in [5, 5.41) is 33.7. The Morgan fingerprint density at radius 1 is 0.877 bits per heavy atom. The van der Waals surface area contributed by atoms with E-state index in [9.17, 15) is 49.0 Å². The summed E-state index contributed by atoms with van der Waals surface area (Å²) < 4.78 is 6.11. The highest BCUT2D eigenvalue weighted by atomic mass is 32.1. The molecule has 4 rings (SSSR count). The van der Waals surface area contributed by atoms with Crippen molar-refractivity contribution in [3.63, 3.8) is 0 Å². The lowest BCUT2D eigenvalue weighted by atomic mass is 9.90. The van der Waals surface area contributed by atoms with E-state index in [0.717, 1.165) is 10.3 Å². The molecule has 0 saturated carbocycles. The van der Waals surface area contributed by atoms with E-state index in [-0.39, 0.29) is 49.6 Å². The van der Waals surface area contributed by atoms with Gasteiger partial charge in [0.25, 0.3) is 0 Å². The van der Waals surface area contributed by atoms with E-state index in [1.807, 2.05) is 26.0 Å². The Morgan fingerprint density at radius 2 is 1.60 bits per heavy atom. The number of benzene rings is 2. The fourth-order valence-electron chi connectivity index (χ4n) is 6.19. The third-order valence-electron chi connectivity index (χ3n) is 8.98. The number of nitrogens with zero attached hydrogens (tertiary/aromatic N) is 3. The Hall–Kier alpha value is -6.28. The number of hydrogen-bond donors (Lipinski definition) is 5. The van der Waals surface area contributed by atoms with Gasteiger partial charge < -0.3 is 30.6 Å². The minimum Gasteiger partial charge on any atom is -0.481 e. The van der Waals surface area contributed by atoms with Gasteiger partial charge in [-0.15, -0.1) is 11.3 Å². The van der Waals surface area contributed by atoms with E-state index >= 15 is 0 Å². The van der Waals surface area contributed by atoms with Crippen molar-refractivity contribution in [1.29, 1.82) is 5.26 Å². The second-order valence-corrected chi connectivity index (χ2v) is 15.1. The lowest BCUT2D eigenvalue weighted by Crippen LogP contribution is -2.48. The van der Waals surface area contributed by atoms with Gasteiger partial charge in [-0.05, 0) is 42.0 Å². The molecule has 0 aliphatic heterocycles. The summed E-state index contributed by atoms with van der Waals surface area (Å²) in [5.41, 5.74) is 2.16. The largest absolute Gasteiger partial charge is 0.481 e. The van der Waals surface area contributed by atoms with Gasteiger partial charge in [0, 0.05) is 43.5 Å². The lowest BCUT2D eigenvalue weighted by molar-refractivity contribution is -0.148. The summed E-state index contributed by atoms with van der Waals surface area (Å²) in [6.45, 7) is 3.71. The topological polar surface area (TPSA) is 259 Å². The second-order valence-electron chi connectivity index (χ2n) is 14.1. The Kier molecular flexibility index (Phi) is 16.1. The molecule has 0 aliphatic carbocycles. The van der Waals surface area contributed by atoms with Crippen LogP contribution in [0.25, 0.3) is 10.2 Å². The quantitative estimate of drug-likeness (QED) is 0.0668. The number of ketones is 2. The molecule has 2 amide bonds. The lowest BCUT2D eigenvalue weighted by Gasteiger charge is -2.25. The van der Waals surface area contributed by atoms with E-state index in [1.165, 1.54) is 23.9 Å². The van der Waals surface area contributed by atoms with Gasteiger partial charge in [0.05, 0.1) is 47.4 Å². The number of imidazole rings is 1. The van der Waals surface area contributed by atoms with Gasteiger partial charge in [-0.3, -0.25) is 33.6 Å². The summed E-state index contributed by atoms with van der Waals surface area (Å²) in [4.78, 5) is 102. The average Bonchev–Trinajstić information content (AvgIpc) is 3.84. The van der Waals surface area contributed by atoms with Crippen LogP contribution in [0.4, 0.5) is 0 Å². The van der Waals surface area contributed by atoms with Crippen molar-refractivity contribution in [2.45, 2.75) is 83.9 Å². The fourth-order valence-corrected chi connectivity index (χ4v) is 6.93. The van der Waals surface area contributed by atoms with Crippen molar-refractivity contribution in [1.82, 2.24) is 25.6 Å². The summed E-state index contributed by atoms with van der Waals surface area (Å²) in [6.07, 6.45) is 0.285. The summed E-state index contributed by atoms with van der Waals surface area (Å²) in [7, 11) is 0. The molecule has 2 heterocycles. The van der Waals surface area contributed by atoms with Crippen molar-refractivity contribution in [3.8, 4) is 6.07 Å². The SMILES string of the molecule is CC(C)CC(CC(=O)OCc1ccccc1)C(=O)NC(CCC(=O)O)C(=O)CC(Cc1cnc[nH]1)C(=O)NC(CC(=O)O)C(=O)Cc1ccc2sc(C#N)nc2c1. The highest BCUT2D eigenvalue weighted by Gasteiger charge is 2.33. The fraction of sp³-hybridized carbons (Fsp3) is 0.400. The van der Waals surface area contributed by atoms with E-state index in [1.54, 1.807) is 42.5 Å². The van der Waals surface area contributed by atoms with E-state index in [4.69, 9.17) is 4.74 Å². The van der Waals surface area contributed by atoms with Gasteiger partial charge in [0.2, 0.25) is 11.8 Å². The minimum absolute atomic E-state index is 0.000558. The Balaban J connectivity index is 1.50. The normalized spacial score (nSPS) is 13.2. The summed E-state index contributed by atoms with van der Waals surface area (Å²) >= 11 is 1.18. The van der Waals surface area contributed by atoms with Gasteiger partial charge in [0.15, 0.2) is 16.6 Å². The van der Waals surface area contributed by atoms with Crippen LogP contribution in [0.1, 0.15) is 74.2 Å². The second kappa shape index (κ2) is 21.1. The highest BCUT2D eigenvalue weighted by Crippen LogP contribution is 2.24. The number of nitrogens with one attached hydrogen (secondary N) is 3. The van der Waals surface area contributed by atoms with Crippen LogP contribution in [0.15, 0.2) is 61.1 Å². The molecule has 0 fully saturated rings. The molecule has 4 unspecified atom stereocenters. The zero-order valence-electron chi connectivity index (χ0n) is 31.4. The van der Waals surface area contributed by atoms with Crippen molar-refractivity contribution in [3.05, 3.63) is 82.9 Å². The third kappa shape index (κ3) is 14.1. The van der Waals surface area contributed by atoms with Gasteiger partial charge in [-0.1, -0.05) is 50.2 Å². The first-order valence-corrected chi connectivity index (χ1v) is 19.1. The number of Topliss-reactive ketones (excluding diaryl/α,β-unsaturated/α-hetero) is 2. The molecule has 0 radical (unpaired) electrons. The van der Waals surface area contributed by atoms with Gasteiger partial charge in [0.1, 0.15) is 12.7 Å². The van der Waals surface area contributed by atoms with Gasteiger partial charge in [-0.2, -0.15) is 5.26 Å². The maximum atomic E-state index is 13.9. The molecule has 0 spiro atoms. The molecule has 0 aliphatic rings. The van der Waals surface area contributed by atoms with Crippen LogP contribution in [0.5, 0.6) is 0 Å². The van der Waals surface area contributed by atoms with Crippen LogP contribution in [-0.2, 0) is 57.7 Å². The molecule has 5 N–H and O–H groups in total. The number of carbonyl (C=O) groups is 7. The number of carboxylic acid groups (broad SMARTS) is 2. The number of fused-ring (bicyclic) bond motifs is 1. The molecule has 4 atom stereocenters. The number of rotatable bonds is 23. The molecular formula is C40H44N6O10S. The third-order valence-corrected chi connectivity index (χ3v) is 9.92. The maximum absolute atomic E-state index is 13.9. The number of carbonyl (C=O) groups excluding carboxylic acids is 5. The predicted octanol–water partition coefficient (Wildman–Crippen LogP) is 3.93. The number of nitriles is 1. The molecule has 4 aromatic rings. The zero-order valence-corrected chi connectivity index (χ0v) is 32.3. The van der Waals surface area contributed by atoms with Crippen molar-refractivity contribution < 1.29 is 48.5 Å². The molecule has 300 valence electrons. The maximum Gasteiger partial charge on any atom is 0.306 e. The number of amides is 2. The van der Waals surface area contributed by atoms with Crippen LogP contribution in [0.3, 0.4) is 0 Å². The number of ether oxygens (including phenoxy) is 1. The molecule has 0 saturated heterocycles. The Bertz CT molecular complexity index is 2090. The first-order chi connectivity index (χ1) is 27.2. The number of carboxylic acids is 2. The van der Waals surface area contributed by atoms with Gasteiger partial charge in [-0.25, -0.2) is 9.97 Å². The number of esters is 1. The molecule has 0 bridgehead atoms. The molecule has 17 heteroatoms. The van der Waals surface area contributed by atoms with Crippen molar-refractivity contribution >= 4 is 62.8 Å². The van der Waals surface area contributed by atoms with Gasteiger partial charge >= 0.3 is 17.9 Å². The number of H-pyrrole nitrogens is 1. The minimum atomic E-state index is -1.49. The number of hydrogen-bond acceptors (Lipinski definition) is 12. The van der Waals surface area contributed by atoms with Crippen molar-refractivity contribution in [2.24, 2.45) is 17.8 Å². The van der Waals surface area contributed by atoms with Crippen LogP contribution >= 0.6 is 11.3 Å². The number of aromatic amines is 1. The number of thiazole rings is 1. The smallest absolute Gasteiger partial charge is 0.306 e. The summed E-state index contributed by atoms with van der Waals surface area (Å²) in [5.74, 6) is -8.18. The van der Waals surface area contributed by atoms with E-state index < -0.39 is 84.5 Å². The molecular weight excluding hydrogens is 757 g/mol. The number of aliphatic carboxylic acids is 2. The molecule has 57 heavy (non-hydrogen) atoms. The van der Waals surface area contributed by atoms with Crippen LogP contribution in [0.2, 0.25) is 0 Å². The molecule has 2 aromatic heterocycles. The zero-order chi connectivity index (χ0) is 41.5. The monoisotopic (exact) mass is 800 g/mol. The van der Waals surface area contributed by atoms with Crippen LogP contribution in [0, 0.1) is 29.1 Å². The summed E-state index contributed by atoms with van der Waals surface area (Å²) in [6, 6.07) is 13.0. The average molecular weight is 801 g/mol. The first kappa shape index (κ1) is 43.4. The first-order valence-electron chi connectivity index (χ1n) is 18.3. The van der Waals surface area contributed by atoms with E-state index in [2.05, 4.69) is 25.6 Å². The van der Waals surface area contributed by atoms with Crippen LogP contribution in [-0.4, -0.2) is 78.5 Å².